The molecule has 1 N–H and O–H groups in total. The number of rotatable bonds is 3. The fourth-order valence-electron chi connectivity index (χ4n) is 3.10. The Kier molecular flexibility index (Phi) is 4.82. The van der Waals surface area contributed by atoms with E-state index in [1.54, 1.807) is 29.3 Å². The van der Waals surface area contributed by atoms with E-state index in [0.29, 0.717) is 31.8 Å². The number of hydrogen-bond donors (Lipinski definition) is 1. The zero-order valence-corrected chi connectivity index (χ0v) is 14.6. The van der Waals surface area contributed by atoms with Crippen LogP contribution >= 0.6 is 0 Å². The van der Waals surface area contributed by atoms with Crippen LogP contribution < -0.4 is 10.1 Å². The largest absolute Gasteiger partial charge is 0.473 e. The van der Waals surface area contributed by atoms with Gasteiger partial charge in [-0.05, 0) is 24.3 Å². The second-order valence-corrected chi connectivity index (χ2v) is 6.41. The van der Waals surface area contributed by atoms with Crippen molar-refractivity contribution in [2.24, 2.45) is 0 Å². The first-order valence-electron chi connectivity index (χ1n) is 8.88. The number of carbonyl (C=O) groups is 1. The molecule has 1 aliphatic rings. The van der Waals surface area contributed by atoms with Crippen LogP contribution in [0.4, 0.5) is 14.9 Å². The number of aromatic nitrogens is 2. The van der Waals surface area contributed by atoms with Gasteiger partial charge in [-0.2, -0.15) is 0 Å². The summed E-state index contributed by atoms with van der Waals surface area (Å²) in [5, 5.41) is 2.61. The third-order valence-electron chi connectivity index (χ3n) is 4.56. The van der Waals surface area contributed by atoms with Gasteiger partial charge in [-0.1, -0.05) is 24.3 Å². The molecule has 0 radical (unpaired) electrons. The van der Waals surface area contributed by atoms with Gasteiger partial charge in [0, 0.05) is 25.9 Å². The van der Waals surface area contributed by atoms with Crippen molar-refractivity contribution in [2.45, 2.75) is 18.9 Å². The van der Waals surface area contributed by atoms with E-state index in [-0.39, 0.29) is 17.8 Å². The van der Waals surface area contributed by atoms with Crippen molar-refractivity contribution < 1.29 is 13.9 Å². The van der Waals surface area contributed by atoms with Crippen molar-refractivity contribution in [1.29, 1.82) is 0 Å². The van der Waals surface area contributed by atoms with Gasteiger partial charge in [0.25, 0.3) is 0 Å². The number of urea groups is 1. The molecule has 0 bridgehead atoms. The fraction of sp³-hybridized carbons (Fsp3) is 0.250. The van der Waals surface area contributed by atoms with Crippen molar-refractivity contribution in [2.75, 3.05) is 18.4 Å². The first-order valence-corrected chi connectivity index (χ1v) is 8.88. The lowest BCUT2D eigenvalue weighted by atomic mass is 10.1. The Hall–Kier alpha value is -3.22. The number of nitrogens with zero attached hydrogens (tertiary/aromatic N) is 3. The van der Waals surface area contributed by atoms with Gasteiger partial charge in [0.15, 0.2) is 0 Å². The van der Waals surface area contributed by atoms with Gasteiger partial charge in [-0.25, -0.2) is 19.2 Å². The normalized spacial score (nSPS) is 14.9. The fourth-order valence-corrected chi connectivity index (χ4v) is 3.10. The topological polar surface area (TPSA) is 67.4 Å². The van der Waals surface area contributed by atoms with Gasteiger partial charge in [0.05, 0.1) is 22.9 Å². The van der Waals surface area contributed by atoms with Gasteiger partial charge in [0.1, 0.15) is 11.9 Å². The standard InChI is InChI=1S/C20H19FN4O2/c21-15-5-1-2-6-16(15)24-20(26)25-11-9-14(10-12-25)27-19-13-22-17-7-3-4-8-18(17)23-19/h1-8,13-14H,9-12H2,(H,24,26). The summed E-state index contributed by atoms with van der Waals surface area (Å²) in [5.74, 6) is 0.0434. The molecule has 27 heavy (non-hydrogen) atoms. The Morgan fingerprint density at radius 3 is 2.56 bits per heavy atom. The van der Waals surface area contributed by atoms with E-state index in [1.165, 1.54) is 6.07 Å². The summed E-state index contributed by atoms with van der Waals surface area (Å²) >= 11 is 0. The Balaban J connectivity index is 1.33. The first kappa shape index (κ1) is 17.2. The number of amides is 2. The average molecular weight is 366 g/mol. The lowest BCUT2D eigenvalue weighted by molar-refractivity contribution is 0.111. The van der Waals surface area contributed by atoms with Crippen molar-refractivity contribution in [1.82, 2.24) is 14.9 Å². The molecule has 2 amide bonds. The summed E-state index contributed by atoms with van der Waals surface area (Å²) in [5.41, 5.74) is 1.80. The minimum absolute atomic E-state index is 0.0297. The minimum atomic E-state index is -0.445. The van der Waals surface area contributed by atoms with E-state index >= 15 is 0 Å². The SMILES string of the molecule is O=C(Nc1ccccc1F)N1CCC(Oc2cnc3ccccc3n2)CC1. The molecule has 0 unspecified atom stereocenters. The van der Waals surface area contributed by atoms with Crippen LogP contribution in [0.5, 0.6) is 5.88 Å². The zero-order chi connectivity index (χ0) is 18.6. The molecule has 2 aromatic carbocycles. The summed E-state index contributed by atoms with van der Waals surface area (Å²) in [7, 11) is 0. The quantitative estimate of drug-likeness (QED) is 0.765. The number of fused-ring (bicyclic) bond motifs is 1. The number of para-hydroxylation sites is 3. The van der Waals surface area contributed by atoms with Crippen molar-refractivity contribution >= 4 is 22.8 Å². The maximum Gasteiger partial charge on any atom is 0.321 e. The lowest BCUT2D eigenvalue weighted by Crippen LogP contribution is -2.43. The second-order valence-electron chi connectivity index (χ2n) is 6.41. The van der Waals surface area contributed by atoms with Crippen LogP contribution in [0.2, 0.25) is 0 Å². The molecule has 4 rings (SSSR count). The summed E-state index contributed by atoms with van der Waals surface area (Å²) in [6, 6.07) is 13.5. The highest BCUT2D eigenvalue weighted by Gasteiger charge is 2.24. The molecule has 138 valence electrons. The number of benzene rings is 2. The number of piperidine rings is 1. The van der Waals surface area contributed by atoms with E-state index in [2.05, 4.69) is 15.3 Å². The predicted molar refractivity (Wildman–Crippen MR) is 100 cm³/mol. The summed E-state index contributed by atoms with van der Waals surface area (Å²) in [4.78, 5) is 22.8. The Morgan fingerprint density at radius 1 is 1.07 bits per heavy atom. The molecule has 2 heterocycles. The zero-order valence-electron chi connectivity index (χ0n) is 14.6. The van der Waals surface area contributed by atoms with E-state index in [1.807, 2.05) is 24.3 Å². The number of nitrogens with one attached hydrogen (secondary N) is 1. The van der Waals surface area contributed by atoms with Gasteiger partial charge >= 0.3 is 6.03 Å². The van der Waals surface area contributed by atoms with Crippen LogP contribution in [0, 0.1) is 5.82 Å². The van der Waals surface area contributed by atoms with Crippen molar-refractivity contribution in [3.63, 3.8) is 0 Å². The number of anilines is 1. The highest BCUT2D eigenvalue weighted by molar-refractivity contribution is 5.89. The van der Waals surface area contributed by atoms with Crippen LogP contribution in [0.25, 0.3) is 11.0 Å². The van der Waals surface area contributed by atoms with Crippen LogP contribution in [0.3, 0.4) is 0 Å². The molecule has 3 aromatic rings. The minimum Gasteiger partial charge on any atom is -0.473 e. The predicted octanol–water partition coefficient (Wildman–Crippen LogP) is 3.84. The van der Waals surface area contributed by atoms with Crippen LogP contribution in [-0.2, 0) is 0 Å². The lowest BCUT2D eigenvalue weighted by Gasteiger charge is -2.31. The maximum atomic E-state index is 13.7. The average Bonchev–Trinajstić information content (AvgIpc) is 2.70. The van der Waals surface area contributed by atoms with Gasteiger partial charge < -0.3 is 15.0 Å². The molecule has 0 spiro atoms. The summed E-state index contributed by atoms with van der Waals surface area (Å²) in [6.45, 7) is 1.07. The molecule has 6 nitrogen and oxygen atoms in total. The Morgan fingerprint density at radius 2 is 1.78 bits per heavy atom. The highest BCUT2D eigenvalue weighted by Crippen LogP contribution is 2.20. The van der Waals surface area contributed by atoms with Crippen LogP contribution in [0.15, 0.2) is 54.7 Å². The van der Waals surface area contributed by atoms with E-state index in [9.17, 15) is 9.18 Å². The molecule has 0 atom stereocenters. The third kappa shape index (κ3) is 3.97. The highest BCUT2D eigenvalue weighted by atomic mass is 19.1. The van der Waals surface area contributed by atoms with E-state index < -0.39 is 5.82 Å². The number of halogens is 1. The summed E-state index contributed by atoms with van der Waals surface area (Å²) < 4.78 is 19.6. The number of ether oxygens (including phenoxy) is 1. The van der Waals surface area contributed by atoms with Crippen molar-refractivity contribution in [3.05, 3.63) is 60.5 Å². The molecule has 0 saturated carbocycles. The molecule has 1 aliphatic heterocycles. The molecular weight excluding hydrogens is 347 g/mol. The Bertz CT molecular complexity index is 957. The molecular formula is C20H19FN4O2. The summed E-state index contributed by atoms with van der Waals surface area (Å²) in [6.07, 6.45) is 2.95. The molecule has 1 fully saturated rings. The van der Waals surface area contributed by atoms with E-state index in [4.69, 9.17) is 4.74 Å². The van der Waals surface area contributed by atoms with Gasteiger partial charge in [-0.3, -0.25) is 0 Å². The van der Waals surface area contributed by atoms with Crippen LogP contribution in [0.1, 0.15) is 12.8 Å². The first-order chi connectivity index (χ1) is 13.2. The van der Waals surface area contributed by atoms with E-state index in [0.717, 1.165) is 11.0 Å². The monoisotopic (exact) mass is 366 g/mol. The second kappa shape index (κ2) is 7.57. The van der Waals surface area contributed by atoms with Crippen molar-refractivity contribution in [3.8, 4) is 5.88 Å². The van der Waals surface area contributed by atoms with Gasteiger partial charge in [0.2, 0.25) is 5.88 Å². The number of likely N-dealkylation sites (tertiary alicyclic amines) is 1. The molecule has 7 heteroatoms. The van der Waals surface area contributed by atoms with Gasteiger partial charge in [-0.15, -0.1) is 0 Å². The Labute approximate surface area is 156 Å². The maximum absolute atomic E-state index is 13.7. The smallest absolute Gasteiger partial charge is 0.321 e. The number of hydrogen-bond acceptors (Lipinski definition) is 4. The third-order valence-corrected chi connectivity index (χ3v) is 4.56. The number of carbonyl (C=O) groups excluding carboxylic acids is 1. The molecule has 1 aromatic heterocycles. The molecule has 1 saturated heterocycles. The van der Waals surface area contributed by atoms with Crippen LogP contribution in [-0.4, -0.2) is 40.1 Å². The molecule has 0 aliphatic carbocycles.